The molecule has 16 heavy (non-hydrogen) atoms. The van der Waals surface area contributed by atoms with Gasteiger partial charge in [-0.15, -0.1) is 6.58 Å². The Labute approximate surface area is 98.2 Å². The summed E-state index contributed by atoms with van der Waals surface area (Å²) in [5.74, 6) is 0. The normalized spacial score (nSPS) is 13.8. The molecule has 0 spiro atoms. The fourth-order valence-corrected chi connectivity index (χ4v) is 3.67. The van der Waals surface area contributed by atoms with Crippen molar-refractivity contribution in [3.8, 4) is 0 Å². The van der Waals surface area contributed by atoms with Crippen LogP contribution in [0, 0.1) is 0 Å². The smallest absolute Gasteiger partial charge is 0.282 e. The third kappa shape index (κ3) is 3.04. The molecule has 0 aliphatic rings. The quantitative estimate of drug-likeness (QED) is 0.510. The molecular weight excluding hydrogens is 240 g/mol. The third-order valence-corrected chi connectivity index (χ3v) is 5.50. The summed E-state index contributed by atoms with van der Waals surface area (Å²) in [6.45, 7) is 8.22. The van der Waals surface area contributed by atoms with Crippen LogP contribution in [0.5, 0.6) is 0 Å². The highest BCUT2D eigenvalue weighted by molar-refractivity contribution is 7.85. The van der Waals surface area contributed by atoms with E-state index in [9.17, 15) is 8.42 Å². The lowest BCUT2D eigenvalue weighted by Gasteiger charge is -2.15. The Kier molecular flexibility index (Phi) is 4.07. The van der Waals surface area contributed by atoms with Gasteiger partial charge in [0.2, 0.25) is 0 Å². The van der Waals surface area contributed by atoms with E-state index in [4.69, 9.17) is 4.55 Å². The van der Waals surface area contributed by atoms with E-state index in [1.165, 1.54) is 12.1 Å². The molecule has 88 valence electrons. The molecule has 0 aliphatic heterocycles. The van der Waals surface area contributed by atoms with Crippen molar-refractivity contribution in [3.05, 3.63) is 42.5 Å². The maximum atomic E-state index is 10.9. The molecule has 0 radical (unpaired) electrons. The van der Waals surface area contributed by atoms with Gasteiger partial charge in [-0.3, -0.25) is 4.55 Å². The lowest BCUT2D eigenvalue weighted by atomic mass is 10.1. The predicted octanol–water partition coefficient (Wildman–Crippen LogP) is 2.23. The van der Waals surface area contributed by atoms with Crippen molar-refractivity contribution in [1.29, 1.82) is 0 Å². The van der Waals surface area contributed by atoms with Crippen molar-refractivity contribution < 1.29 is 13.0 Å². The van der Waals surface area contributed by atoms with Gasteiger partial charge in [-0.2, -0.15) is 8.42 Å². The largest absolute Gasteiger partial charge is 0.294 e. The van der Waals surface area contributed by atoms with Crippen LogP contribution in [0.25, 0.3) is 0 Å². The molecule has 0 aliphatic carbocycles. The Morgan fingerprint density at radius 1 is 1.31 bits per heavy atom. The van der Waals surface area contributed by atoms with Gasteiger partial charge in [0.05, 0.1) is 4.90 Å². The first-order chi connectivity index (χ1) is 7.36. The van der Waals surface area contributed by atoms with Gasteiger partial charge in [-0.05, 0) is 23.2 Å². The zero-order chi connectivity index (χ0) is 12.3. The average molecular weight is 256 g/mol. The molecule has 1 aromatic rings. The van der Waals surface area contributed by atoms with Crippen LogP contribution in [0.1, 0.15) is 11.1 Å². The van der Waals surface area contributed by atoms with E-state index >= 15 is 0 Å². The highest BCUT2D eigenvalue weighted by Gasteiger charge is 2.14. The second-order valence-electron chi connectivity index (χ2n) is 4.05. The Hall–Kier alpha value is -0.913. The zero-order valence-electron chi connectivity index (χ0n) is 9.42. The standard InChI is InChI=1S/C11H16O3SSi/c1-4-11(16(2)3)9-5-7-10(8-6-9)15(12,13)14/h4-8,11,16H,1H2,2-3H3,(H,12,13,14). The van der Waals surface area contributed by atoms with Crippen molar-refractivity contribution in [2.75, 3.05) is 0 Å². The molecule has 1 unspecified atom stereocenters. The van der Waals surface area contributed by atoms with Crippen LogP contribution >= 0.6 is 0 Å². The number of benzene rings is 1. The summed E-state index contributed by atoms with van der Waals surface area (Å²) in [6, 6.07) is 6.33. The van der Waals surface area contributed by atoms with Crippen LogP contribution < -0.4 is 0 Å². The highest BCUT2D eigenvalue weighted by Crippen LogP contribution is 2.21. The van der Waals surface area contributed by atoms with Gasteiger partial charge in [0.1, 0.15) is 0 Å². The van der Waals surface area contributed by atoms with Gasteiger partial charge in [-0.25, -0.2) is 0 Å². The zero-order valence-corrected chi connectivity index (χ0v) is 11.4. The Balaban J connectivity index is 3.08. The van der Waals surface area contributed by atoms with Crippen molar-refractivity contribution in [2.24, 2.45) is 0 Å². The van der Waals surface area contributed by atoms with Crippen molar-refractivity contribution >= 4 is 18.9 Å². The topological polar surface area (TPSA) is 54.4 Å². The molecule has 0 fully saturated rings. The van der Waals surface area contributed by atoms with E-state index in [1.807, 2.05) is 6.08 Å². The van der Waals surface area contributed by atoms with Gasteiger partial charge >= 0.3 is 0 Å². The van der Waals surface area contributed by atoms with Crippen molar-refractivity contribution in [2.45, 2.75) is 23.5 Å². The molecule has 0 saturated carbocycles. The van der Waals surface area contributed by atoms with E-state index in [-0.39, 0.29) is 4.90 Å². The first-order valence-corrected chi connectivity index (χ1v) is 9.48. The third-order valence-electron chi connectivity index (χ3n) is 2.54. The summed E-state index contributed by atoms with van der Waals surface area (Å²) in [5.41, 5.74) is 1.39. The molecule has 1 rings (SSSR count). The summed E-state index contributed by atoms with van der Waals surface area (Å²) < 4.78 is 30.6. The SMILES string of the molecule is C=CC(c1ccc(S(=O)(=O)O)cc1)[SiH](C)C. The molecule has 5 heteroatoms. The van der Waals surface area contributed by atoms with Crippen LogP contribution in [0.4, 0.5) is 0 Å². The molecule has 1 atom stereocenters. The number of allylic oxidation sites excluding steroid dienone is 1. The van der Waals surface area contributed by atoms with E-state index in [2.05, 4.69) is 19.7 Å². The lowest BCUT2D eigenvalue weighted by molar-refractivity contribution is 0.483. The van der Waals surface area contributed by atoms with E-state index < -0.39 is 18.9 Å². The predicted molar refractivity (Wildman–Crippen MR) is 68.1 cm³/mol. The second-order valence-corrected chi connectivity index (χ2v) is 8.68. The maximum absolute atomic E-state index is 10.9. The summed E-state index contributed by atoms with van der Waals surface area (Å²) in [5, 5.41) is 0. The van der Waals surface area contributed by atoms with Crippen molar-refractivity contribution in [3.63, 3.8) is 0 Å². The average Bonchev–Trinajstić information content (AvgIpc) is 2.17. The van der Waals surface area contributed by atoms with E-state index in [0.717, 1.165) is 5.56 Å². The molecule has 1 aromatic carbocycles. The Bertz CT molecular complexity index is 463. The molecular formula is C11H16O3SSi. The lowest BCUT2D eigenvalue weighted by Crippen LogP contribution is -2.13. The van der Waals surface area contributed by atoms with Crippen LogP contribution in [0.3, 0.4) is 0 Å². The van der Waals surface area contributed by atoms with E-state index in [0.29, 0.717) is 5.54 Å². The first kappa shape index (κ1) is 13.2. The van der Waals surface area contributed by atoms with Gasteiger partial charge in [0, 0.05) is 8.80 Å². The Morgan fingerprint density at radius 2 is 1.81 bits per heavy atom. The summed E-state index contributed by atoms with van der Waals surface area (Å²) in [4.78, 5) is -0.0653. The Morgan fingerprint density at radius 3 is 2.12 bits per heavy atom. The van der Waals surface area contributed by atoms with Gasteiger partial charge in [-0.1, -0.05) is 31.3 Å². The summed E-state index contributed by atoms with van der Waals surface area (Å²) in [6.07, 6.45) is 1.90. The minimum Gasteiger partial charge on any atom is -0.282 e. The highest BCUT2D eigenvalue weighted by atomic mass is 32.2. The summed E-state index contributed by atoms with van der Waals surface area (Å²) >= 11 is 0. The molecule has 1 N–H and O–H groups in total. The van der Waals surface area contributed by atoms with Gasteiger partial charge in [0.25, 0.3) is 10.1 Å². The number of rotatable bonds is 4. The van der Waals surface area contributed by atoms with Crippen LogP contribution in [0.2, 0.25) is 13.1 Å². The maximum Gasteiger partial charge on any atom is 0.294 e. The van der Waals surface area contributed by atoms with Crippen molar-refractivity contribution in [1.82, 2.24) is 0 Å². The first-order valence-electron chi connectivity index (χ1n) is 5.06. The molecule has 0 saturated heterocycles. The van der Waals surface area contributed by atoms with Crippen LogP contribution in [-0.2, 0) is 10.1 Å². The molecule has 0 heterocycles. The fourth-order valence-electron chi connectivity index (χ4n) is 1.66. The number of hydrogen-bond donors (Lipinski definition) is 1. The molecule has 0 amide bonds. The van der Waals surface area contributed by atoms with Crippen LogP contribution in [0.15, 0.2) is 41.8 Å². The molecule has 0 aromatic heterocycles. The van der Waals surface area contributed by atoms with Crippen LogP contribution in [-0.4, -0.2) is 21.8 Å². The van der Waals surface area contributed by atoms with Gasteiger partial charge < -0.3 is 0 Å². The second kappa shape index (κ2) is 4.95. The number of hydrogen-bond acceptors (Lipinski definition) is 2. The fraction of sp³-hybridized carbons (Fsp3) is 0.273. The molecule has 3 nitrogen and oxygen atoms in total. The monoisotopic (exact) mass is 256 g/mol. The molecule has 0 bridgehead atoms. The summed E-state index contributed by atoms with van der Waals surface area (Å²) in [7, 11) is -4.99. The minimum atomic E-state index is -4.09. The van der Waals surface area contributed by atoms with E-state index in [1.54, 1.807) is 12.1 Å². The van der Waals surface area contributed by atoms with Gasteiger partial charge in [0.15, 0.2) is 0 Å². The minimum absolute atomic E-state index is 0.0653.